The van der Waals surface area contributed by atoms with Gasteiger partial charge in [-0.25, -0.2) is 0 Å². The van der Waals surface area contributed by atoms with E-state index in [0.29, 0.717) is 18.0 Å². The molecule has 5 heteroatoms. The van der Waals surface area contributed by atoms with Gasteiger partial charge >= 0.3 is 6.18 Å². The van der Waals surface area contributed by atoms with Crippen LogP contribution in [0.4, 0.5) is 13.2 Å². The average Bonchev–Trinajstić information content (AvgIpc) is 2.47. The lowest BCUT2D eigenvalue weighted by Gasteiger charge is -2.38. The lowest BCUT2D eigenvalue weighted by molar-refractivity contribution is -0.137. The first-order valence-electron chi connectivity index (χ1n) is 7.35. The maximum Gasteiger partial charge on any atom is 0.416 e. The summed E-state index contributed by atoms with van der Waals surface area (Å²) in [6, 6.07) is 5.30. The quantitative estimate of drug-likeness (QED) is 0.907. The molecule has 2 rings (SSSR count). The lowest BCUT2D eigenvalue weighted by Crippen LogP contribution is -2.43. The summed E-state index contributed by atoms with van der Waals surface area (Å²) in [5, 5.41) is 0. The number of benzene rings is 1. The minimum Gasteiger partial charge on any atom is -0.369 e. The van der Waals surface area contributed by atoms with Gasteiger partial charge in [-0.2, -0.15) is 13.2 Å². The van der Waals surface area contributed by atoms with Crippen molar-refractivity contribution < 1.29 is 17.9 Å². The van der Waals surface area contributed by atoms with Gasteiger partial charge in [-0.15, -0.1) is 0 Å². The van der Waals surface area contributed by atoms with Gasteiger partial charge in [-0.3, -0.25) is 0 Å². The first-order chi connectivity index (χ1) is 9.85. The van der Waals surface area contributed by atoms with Crippen molar-refractivity contribution in [1.29, 1.82) is 0 Å². The van der Waals surface area contributed by atoms with E-state index in [2.05, 4.69) is 6.92 Å². The van der Waals surface area contributed by atoms with Gasteiger partial charge in [-0.1, -0.05) is 19.1 Å². The van der Waals surface area contributed by atoms with Crippen molar-refractivity contribution in [3.05, 3.63) is 35.4 Å². The summed E-state index contributed by atoms with van der Waals surface area (Å²) < 4.78 is 44.0. The number of hydrogen-bond acceptors (Lipinski definition) is 2. The minimum atomic E-state index is -4.32. The molecule has 0 bridgehead atoms. The van der Waals surface area contributed by atoms with Crippen LogP contribution in [0.1, 0.15) is 43.7 Å². The Morgan fingerprint density at radius 3 is 2.52 bits per heavy atom. The fraction of sp³-hybridized carbons (Fsp3) is 0.625. The van der Waals surface area contributed by atoms with Crippen molar-refractivity contribution in [3.8, 4) is 0 Å². The molecule has 0 unspecified atom stereocenters. The molecule has 0 aromatic heterocycles. The third kappa shape index (κ3) is 4.20. The molecule has 1 aliphatic rings. The van der Waals surface area contributed by atoms with Gasteiger partial charge < -0.3 is 10.5 Å². The molecule has 1 saturated carbocycles. The molecule has 2 N–H and O–H groups in total. The molecule has 0 atom stereocenters. The summed E-state index contributed by atoms with van der Waals surface area (Å²) in [6.45, 7) is 2.79. The van der Waals surface area contributed by atoms with Crippen molar-refractivity contribution in [1.82, 2.24) is 0 Å². The van der Waals surface area contributed by atoms with Crippen LogP contribution in [0.5, 0.6) is 0 Å². The molecule has 0 aliphatic heterocycles. The van der Waals surface area contributed by atoms with Crippen LogP contribution in [0.25, 0.3) is 0 Å². The average molecular weight is 301 g/mol. The Morgan fingerprint density at radius 1 is 1.29 bits per heavy atom. The van der Waals surface area contributed by atoms with Gasteiger partial charge in [0, 0.05) is 6.54 Å². The van der Waals surface area contributed by atoms with Crippen molar-refractivity contribution in [2.24, 2.45) is 11.7 Å². The van der Waals surface area contributed by atoms with Crippen LogP contribution < -0.4 is 5.73 Å². The standard InChI is InChI=1S/C16H22F3NO/c1-12-5-7-15(11-20,8-6-12)21-10-13-3-2-4-14(9-13)16(17,18)19/h2-4,9,12H,5-8,10-11,20H2,1H3. The summed E-state index contributed by atoms with van der Waals surface area (Å²) in [5.74, 6) is 0.668. The molecular weight excluding hydrogens is 279 g/mol. The molecule has 21 heavy (non-hydrogen) atoms. The van der Waals surface area contributed by atoms with Gasteiger partial charge in [0.05, 0.1) is 17.8 Å². The van der Waals surface area contributed by atoms with Gasteiger partial charge in [0.1, 0.15) is 0 Å². The predicted octanol–water partition coefficient (Wildman–Crippen LogP) is 4.13. The number of ether oxygens (including phenoxy) is 1. The number of halogens is 3. The van der Waals surface area contributed by atoms with Crippen molar-refractivity contribution in [3.63, 3.8) is 0 Å². The van der Waals surface area contributed by atoms with Crippen LogP contribution >= 0.6 is 0 Å². The monoisotopic (exact) mass is 301 g/mol. The number of nitrogens with two attached hydrogens (primary N) is 1. The molecule has 1 aromatic carbocycles. The van der Waals surface area contributed by atoms with E-state index in [1.54, 1.807) is 6.07 Å². The normalized spacial score (nSPS) is 26.8. The Balaban J connectivity index is 2.02. The first kappa shape index (κ1) is 16.3. The molecule has 0 spiro atoms. The molecule has 2 nitrogen and oxygen atoms in total. The maximum absolute atomic E-state index is 12.7. The Labute approximate surface area is 123 Å². The van der Waals surface area contributed by atoms with Gasteiger partial charge in [-0.05, 0) is 49.3 Å². The fourth-order valence-corrected chi connectivity index (χ4v) is 2.77. The largest absolute Gasteiger partial charge is 0.416 e. The Morgan fingerprint density at radius 2 is 1.95 bits per heavy atom. The third-order valence-electron chi connectivity index (χ3n) is 4.36. The van der Waals surface area contributed by atoms with Crippen molar-refractivity contribution in [2.75, 3.05) is 6.54 Å². The molecule has 118 valence electrons. The summed E-state index contributed by atoms with van der Waals surface area (Å²) >= 11 is 0. The second-order valence-corrected chi connectivity index (χ2v) is 6.06. The van der Waals surface area contributed by atoms with E-state index in [4.69, 9.17) is 10.5 Å². The molecule has 1 aliphatic carbocycles. The van der Waals surface area contributed by atoms with Gasteiger partial charge in [0.25, 0.3) is 0 Å². The number of alkyl halides is 3. The third-order valence-corrected chi connectivity index (χ3v) is 4.36. The van der Waals surface area contributed by atoms with Crippen LogP contribution in [0.3, 0.4) is 0 Å². The van der Waals surface area contributed by atoms with Crippen molar-refractivity contribution >= 4 is 0 Å². The SMILES string of the molecule is CC1CCC(CN)(OCc2cccc(C(F)(F)F)c2)CC1. The van der Waals surface area contributed by atoms with Crippen LogP contribution in [0, 0.1) is 5.92 Å². The van der Waals surface area contributed by atoms with E-state index in [1.165, 1.54) is 6.07 Å². The molecule has 1 aromatic rings. The molecule has 0 amide bonds. The molecule has 0 saturated heterocycles. The van der Waals surface area contributed by atoms with E-state index >= 15 is 0 Å². The second kappa shape index (κ2) is 6.36. The van der Waals surface area contributed by atoms with Crippen LogP contribution in [-0.4, -0.2) is 12.1 Å². The van der Waals surface area contributed by atoms with Crippen LogP contribution in [-0.2, 0) is 17.5 Å². The highest BCUT2D eigenvalue weighted by Gasteiger charge is 2.34. The molecule has 0 radical (unpaired) electrons. The van der Waals surface area contributed by atoms with E-state index in [9.17, 15) is 13.2 Å². The van der Waals surface area contributed by atoms with E-state index in [1.807, 2.05) is 0 Å². The van der Waals surface area contributed by atoms with Crippen LogP contribution in [0.15, 0.2) is 24.3 Å². The highest BCUT2D eigenvalue weighted by molar-refractivity contribution is 5.25. The summed E-state index contributed by atoms with van der Waals surface area (Å²) in [5.41, 5.74) is 5.37. The molecule has 1 fully saturated rings. The Hall–Kier alpha value is -1.07. The zero-order valence-corrected chi connectivity index (χ0v) is 12.2. The molecule has 0 heterocycles. The Kier molecular flexibility index (Phi) is 4.94. The summed E-state index contributed by atoms with van der Waals surface area (Å²) in [4.78, 5) is 0. The lowest BCUT2D eigenvalue weighted by atomic mass is 9.79. The van der Waals surface area contributed by atoms with E-state index < -0.39 is 11.7 Å². The summed E-state index contributed by atoms with van der Waals surface area (Å²) in [7, 11) is 0. The van der Waals surface area contributed by atoms with Gasteiger partial charge in [0.2, 0.25) is 0 Å². The fourth-order valence-electron chi connectivity index (χ4n) is 2.77. The van der Waals surface area contributed by atoms with E-state index in [0.717, 1.165) is 37.8 Å². The van der Waals surface area contributed by atoms with Crippen molar-refractivity contribution in [2.45, 2.75) is 51.0 Å². The molecular formula is C16H22F3NO. The smallest absolute Gasteiger partial charge is 0.369 e. The second-order valence-electron chi connectivity index (χ2n) is 6.06. The topological polar surface area (TPSA) is 35.2 Å². The minimum absolute atomic E-state index is 0.176. The predicted molar refractivity (Wildman–Crippen MR) is 75.7 cm³/mol. The van der Waals surface area contributed by atoms with Crippen LogP contribution in [0.2, 0.25) is 0 Å². The Bertz CT molecular complexity index is 465. The van der Waals surface area contributed by atoms with Gasteiger partial charge in [0.15, 0.2) is 0 Å². The number of rotatable bonds is 4. The zero-order valence-electron chi connectivity index (χ0n) is 12.2. The highest BCUT2D eigenvalue weighted by Crippen LogP contribution is 2.35. The first-order valence-corrected chi connectivity index (χ1v) is 7.35. The highest BCUT2D eigenvalue weighted by atomic mass is 19.4. The van der Waals surface area contributed by atoms with E-state index in [-0.39, 0.29) is 12.2 Å². The zero-order chi connectivity index (χ0) is 15.5. The summed E-state index contributed by atoms with van der Waals surface area (Å²) in [6.07, 6.45) is -0.450. The number of hydrogen-bond donors (Lipinski definition) is 1. The maximum atomic E-state index is 12.7.